The van der Waals surface area contributed by atoms with E-state index in [1.807, 2.05) is 29.2 Å². The van der Waals surface area contributed by atoms with E-state index in [1.165, 1.54) is 0 Å². The average molecular weight is 465 g/mol. The molecule has 6 rings (SSSR count). The Morgan fingerprint density at radius 2 is 1.79 bits per heavy atom. The van der Waals surface area contributed by atoms with Gasteiger partial charge in [0.2, 0.25) is 5.91 Å². The highest BCUT2D eigenvalue weighted by atomic mass is 16.5. The third-order valence-electron chi connectivity index (χ3n) is 6.95. The summed E-state index contributed by atoms with van der Waals surface area (Å²) in [6.07, 6.45) is 2.15. The van der Waals surface area contributed by atoms with Crippen LogP contribution in [0.3, 0.4) is 0 Å². The van der Waals surface area contributed by atoms with Gasteiger partial charge < -0.3 is 29.9 Å². The van der Waals surface area contributed by atoms with E-state index in [2.05, 4.69) is 15.5 Å². The largest absolute Gasteiger partial charge is 0.378 e. The first-order chi connectivity index (χ1) is 16.7. The van der Waals surface area contributed by atoms with Gasteiger partial charge in [0, 0.05) is 42.9 Å². The van der Waals surface area contributed by atoms with Crippen molar-refractivity contribution in [1.29, 1.82) is 0 Å². The fraction of sp³-hybridized carbons (Fsp3) is 0.500. The molecule has 4 aliphatic heterocycles. The Balaban J connectivity index is 1.30. The molecule has 3 saturated heterocycles. The highest BCUT2D eigenvalue weighted by molar-refractivity contribution is 5.89. The highest BCUT2D eigenvalue weighted by Gasteiger charge is 2.39. The first-order valence-corrected chi connectivity index (χ1v) is 11.9. The summed E-state index contributed by atoms with van der Waals surface area (Å²) in [4.78, 5) is 38.8. The van der Waals surface area contributed by atoms with Gasteiger partial charge in [0.05, 0.1) is 44.2 Å². The van der Waals surface area contributed by atoms with Gasteiger partial charge in [0.15, 0.2) is 5.82 Å². The maximum absolute atomic E-state index is 12.4. The molecule has 4 aliphatic rings. The quantitative estimate of drug-likeness (QED) is 0.709. The van der Waals surface area contributed by atoms with Crippen LogP contribution in [-0.2, 0) is 20.7 Å². The van der Waals surface area contributed by atoms with Gasteiger partial charge in [-0.25, -0.2) is 14.8 Å². The molecule has 2 N–H and O–H groups in total. The van der Waals surface area contributed by atoms with Gasteiger partial charge in [-0.2, -0.15) is 0 Å². The number of carbonyl (C=O) groups is 2. The monoisotopic (exact) mass is 464 g/mol. The zero-order chi connectivity index (χ0) is 23.1. The van der Waals surface area contributed by atoms with E-state index >= 15 is 0 Å². The lowest BCUT2D eigenvalue weighted by molar-refractivity contribution is -0.129. The predicted molar refractivity (Wildman–Crippen MR) is 125 cm³/mol. The molecule has 1 aromatic heterocycles. The molecule has 5 heterocycles. The van der Waals surface area contributed by atoms with E-state index in [9.17, 15) is 9.59 Å². The number of morpholine rings is 1. The van der Waals surface area contributed by atoms with Crippen molar-refractivity contribution >= 4 is 23.4 Å². The van der Waals surface area contributed by atoms with Gasteiger partial charge in [0.25, 0.3) is 0 Å². The van der Waals surface area contributed by atoms with Gasteiger partial charge in [-0.1, -0.05) is 0 Å². The number of nitrogens with one attached hydrogen (secondary N) is 2. The molecule has 0 unspecified atom stereocenters. The van der Waals surface area contributed by atoms with Crippen molar-refractivity contribution in [2.75, 3.05) is 56.3 Å². The second kappa shape index (κ2) is 8.84. The molecule has 1 atom stereocenters. The number of nitrogens with zero attached hydrogens (tertiary/aromatic N) is 4. The summed E-state index contributed by atoms with van der Waals surface area (Å²) in [5.41, 5.74) is 3.71. The number of benzene rings is 1. The normalized spacial score (nSPS) is 22.1. The van der Waals surface area contributed by atoms with Gasteiger partial charge >= 0.3 is 6.03 Å². The molecule has 178 valence electrons. The third-order valence-corrected chi connectivity index (χ3v) is 6.95. The first-order valence-electron chi connectivity index (χ1n) is 11.9. The topological polar surface area (TPSA) is 109 Å². The molecule has 2 aromatic rings. The number of fused-ring (bicyclic) bond motifs is 3. The van der Waals surface area contributed by atoms with Crippen molar-refractivity contribution < 1.29 is 19.1 Å². The minimum absolute atomic E-state index is 0.0258. The van der Waals surface area contributed by atoms with Crippen LogP contribution >= 0.6 is 0 Å². The molecule has 0 bridgehead atoms. The Hall–Kier alpha value is -3.24. The van der Waals surface area contributed by atoms with Crippen LogP contribution in [0.15, 0.2) is 24.3 Å². The van der Waals surface area contributed by atoms with Crippen molar-refractivity contribution in [3.8, 4) is 11.4 Å². The second-order valence-electron chi connectivity index (χ2n) is 9.14. The summed E-state index contributed by atoms with van der Waals surface area (Å²) >= 11 is 0. The van der Waals surface area contributed by atoms with E-state index < -0.39 is 0 Å². The van der Waals surface area contributed by atoms with Crippen molar-refractivity contribution in [2.45, 2.75) is 31.3 Å². The Bertz CT molecular complexity index is 1100. The van der Waals surface area contributed by atoms with Crippen LogP contribution in [0, 0.1) is 0 Å². The second-order valence-corrected chi connectivity index (χ2v) is 9.14. The molecule has 0 aliphatic carbocycles. The van der Waals surface area contributed by atoms with Crippen molar-refractivity contribution in [3.63, 3.8) is 0 Å². The number of anilines is 2. The minimum atomic E-state index is -0.244. The molecule has 10 nitrogen and oxygen atoms in total. The molecule has 10 heteroatoms. The maximum atomic E-state index is 12.4. The summed E-state index contributed by atoms with van der Waals surface area (Å²) in [7, 11) is 0. The number of hydrogen-bond acceptors (Lipinski definition) is 7. The SMILES string of the molecule is O=C(Nc1ccc(-c2nc3c(c(N4CCOCC4)n2)CCN2C(=O)CC[C@@H]32)cc1)NC1COC1. The predicted octanol–water partition coefficient (Wildman–Crippen LogP) is 1.72. The fourth-order valence-corrected chi connectivity index (χ4v) is 5.08. The lowest BCUT2D eigenvalue weighted by Gasteiger charge is -2.36. The van der Waals surface area contributed by atoms with Crippen LogP contribution < -0.4 is 15.5 Å². The average Bonchev–Trinajstić information content (AvgIpc) is 3.23. The molecular weight excluding hydrogens is 436 g/mol. The van der Waals surface area contributed by atoms with Gasteiger partial charge in [-0.3, -0.25) is 4.79 Å². The van der Waals surface area contributed by atoms with E-state index in [0.717, 1.165) is 55.1 Å². The van der Waals surface area contributed by atoms with E-state index in [4.69, 9.17) is 19.4 Å². The molecule has 0 saturated carbocycles. The molecule has 0 spiro atoms. The molecule has 34 heavy (non-hydrogen) atoms. The summed E-state index contributed by atoms with van der Waals surface area (Å²) in [5, 5.41) is 5.72. The first kappa shape index (κ1) is 21.3. The lowest BCUT2D eigenvalue weighted by atomic mass is 9.97. The van der Waals surface area contributed by atoms with Crippen LogP contribution in [-0.4, -0.2) is 78.9 Å². The van der Waals surface area contributed by atoms with Gasteiger partial charge in [-0.15, -0.1) is 0 Å². The van der Waals surface area contributed by atoms with E-state index in [1.54, 1.807) is 0 Å². The zero-order valence-corrected chi connectivity index (χ0v) is 19.0. The summed E-state index contributed by atoms with van der Waals surface area (Å²) in [6, 6.07) is 7.41. The van der Waals surface area contributed by atoms with Crippen LogP contribution in [0.2, 0.25) is 0 Å². The van der Waals surface area contributed by atoms with Crippen LogP contribution in [0.5, 0.6) is 0 Å². The Labute approximate surface area is 197 Å². The summed E-state index contributed by atoms with van der Waals surface area (Å²) in [6.45, 7) is 4.77. The van der Waals surface area contributed by atoms with Crippen LogP contribution in [0.1, 0.15) is 30.1 Å². The molecule has 0 radical (unpaired) electrons. The third kappa shape index (κ3) is 3.97. The van der Waals surface area contributed by atoms with Crippen LogP contribution in [0.4, 0.5) is 16.3 Å². The summed E-state index contributed by atoms with van der Waals surface area (Å²) in [5.74, 6) is 1.82. The van der Waals surface area contributed by atoms with Crippen molar-refractivity contribution in [1.82, 2.24) is 20.2 Å². The molecular formula is C24H28N6O4. The van der Waals surface area contributed by atoms with Crippen molar-refractivity contribution in [3.05, 3.63) is 35.5 Å². The van der Waals surface area contributed by atoms with Crippen LogP contribution in [0.25, 0.3) is 11.4 Å². The maximum Gasteiger partial charge on any atom is 0.319 e. The number of carbonyl (C=O) groups excluding carboxylic acids is 2. The number of urea groups is 1. The Morgan fingerprint density at radius 1 is 1.00 bits per heavy atom. The lowest BCUT2D eigenvalue weighted by Crippen LogP contribution is -2.49. The number of amides is 3. The minimum Gasteiger partial charge on any atom is -0.378 e. The molecule has 1 aromatic carbocycles. The highest BCUT2D eigenvalue weighted by Crippen LogP contribution is 2.41. The number of ether oxygens (including phenoxy) is 2. The van der Waals surface area contributed by atoms with E-state index in [0.29, 0.717) is 44.4 Å². The Morgan fingerprint density at radius 3 is 2.53 bits per heavy atom. The molecule has 3 fully saturated rings. The zero-order valence-electron chi connectivity index (χ0n) is 19.0. The van der Waals surface area contributed by atoms with Gasteiger partial charge in [0.1, 0.15) is 5.82 Å². The van der Waals surface area contributed by atoms with Crippen molar-refractivity contribution in [2.24, 2.45) is 0 Å². The number of hydrogen-bond donors (Lipinski definition) is 2. The van der Waals surface area contributed by atoms with Gasteiger partial charge in [-0.05, 0) is 37.1 Å². The number of rotatable bonds is 4. The molecule has 3 amide bonds. The van der Waals surface area contributed by atoms with E-state index in [-0.39, 0.29) is 24.0 Å². The fourth-order valence-electron chi connectivity index (χ4n) is 5.08. The summed E-state index contributed by atoms with van der Waals surface area (Å²) < 4.78 is 10.6. The number of aromatic nitrogens is 2. The smallest absolute Gasteiger partial charge is 0.319 e. The standard InChI is InChI=1S/C24H28N6O4/c31-20-6-5-19-21-18(7-8-30(19)20)23(29-9-11-33-12-10-29)28-22(27-21)15-1-3-16(4-2-15)25-24(32)26-17-13-34-14-17/h1-4,17,19H,5-14H2,(H2,25,26,32)/t19-/m0/s1. The Kier molecular flexibility index (Phi) is 5.54.